The fourth-order valence-electron chi connectivity index (χ4n) is 0.545. The molecule has 1 aromatic rings. The SMILES string of the molecule is Cn1nnnc1NCC(N)=O. The quantitative estimate of drug-likeness (QED) is 0.533. The number of nitrogens with two attached hydrogens (primary N) is 1. The Kier molecular flexibility index (Phi) is 2.00. The lowest BCUT2D eigenvalue weighted by atomic mass is 10.6. The van der Waals surface area contributed by atoms with Crippen LogP contribution in [0.15, 0.2) is 0 Å². The first-order valence-corrected chi connectivity index (χ1v) is 2.94. The smallest absolute Gasteiger partial charge is 0.243 e. The highest BCUT2D eigenvalue weighted by Gasteiger charge is 2.00. The fraction of sp³-hybridized carbons (Fsp3) is 0.500. The number of rotatable bonds is 3. The molecule has 0 aliphatic carbocycles. The molecule has 0 aliphatic heterocycles. The predicted molar refractivity (Wildman–Crippen MR) is 36.5 cm³/mol. The van der Waals surface area contributed by atoms with E-state index in [4.69, 9.17) is 5.73 Å². The summed E-state index contributed by atoms with van der Waals surface area (Å²) in [6.45, 7) is 0.0359. The third-order valence-electron chi connectivity index (χ3n) is 1.04. The largest absolute Gasteiger partial charge is 0.368 e. The number of aryl methyl sites for hydroxylation is 1. The first-order chi connectivity index (χ1) is 5.20. The summed E-state index contributed by atoms with van der Waals surface area (Å²) in [4.78, 5) is 10.3. The van der Waals surface area contributed by atoms with E-state index in [1.54, 1.807) is 7.05 Å². The normalized spacial score (nSPS) is 9.55. The van der Waals surface area contributed by atoms with Gasteiger partial charge < -0.3 is 11.1 Å². The number of nitrogens with zero attached hydrogens (tertiary/aromatic N) is 4. The van der Waals surface area contributed by atoms with E-state index < -0.39 is 5.91 Å². The molecule has 0 atom stereocenters. The molecule has 3 N–H and O–H groups in total. The van der Waals surface area contributed by atoms with E-state index >= 15 is 0 Å². The van der Waals surface area contributed by atoms with Gasteiger partial charge in [-0.25, -0.2) is 4.68 Å². The number of nitrogens with one attached hydrogen (secondary N) is 1. The lowest BCUT2D eigenvalue weighted by Crippen LogP contribution is -2.23. The molecule has 1 aromatic heterocycles. The van der Waals surface area contributed by atoms with E-state index in [-0.39, 0.29) is 6.54 Å². The molecule has 0 bridgehead atoms. The van der Waals surface area contributed by atoms with Crippen LogP contribution >= 0.6 is 0 Å². The van der Waals surface area contributed by atoms with Crippen LogP contribution in [0.1, 0.15) is 0 Å². The molecule has 1 amide bonds. The summed E-state index contributed by atoms with van der Waals surface area (Å²) in [5.74, 6) is -0.0307. The number of tetrazole rings is 1. The topological polar surface area (TPSA) is 98.7 Å². The second kappa shape index (κ2) is 2.95. The van der Waals surface area contributed by atoms with Gasteiger partial charge >= 0.3 is 0 Å². The van der Waals surface area contributed by atoms with Crippen molar-refractivity contribution in [1.29, 1.82) is 0 Å². The fourth-order valence-corrected chi connectivity index (χ4v) is 0.545. The molecule has 1 heterocycles. The van der Waals surface area contributed by atoms with E-state index in [0.717, 1.165) is 0 Å². The number of aromatic nitrogens is 4. The zero-order chi connectivity index (χ0) is 8.27. The highest BCUT2D eigenvalue weighted by molar-refractivity contribution is 5.78. The first kappa shape index (κ1) is 7.45. The van der Waals surface area contributed by atoms with Crippen LogP contribution < -0.4 is 11.1 Å². The Morgan fingerprint density at radius 2 is 2.55 bits per heavy atom. The number of carbonyl (C=O) groups is 1. The molecule has 0 fully saturated rings. The van der Waals surface area contributed by atoms with Crippen LogP contribution in [0.5, 0.6) is 0 Å². The molecule has 0 radical (unpaired) electrons. The molecule has 0 spiro atoms. The minimum absolute atomic E-state index is 0.0359. The number of amides is 1. The standard InChI is InChI=1S/C4H8N6O/c1-10-4(7-8-9-10)6-2-3(5)11/h2H2,1H3,(H2,5,11)(H,6,7,9). The van der Waals surface area contributed by atoms with Gasteiger partial charge in [-0.1, -0.05) is 5.10 Å². The Morgan fingerprint density at radius 1 is 1.82 bits per heavy atom. The summed E-state index contributed by atoms with van der Waals surface area (Å²) >= 11 is 0. The highest BCUT2D eigenvalue weighted by Crippen LogP contribution is 1.92. The van der Waals surface area contributed by atoms with Crippen LogP contribution in [0.25, 0.3) is 0 Å². The van der Waals surface area contributed by atoms with Gasteiger partial charge in [0.15, 0.2) is 0 Å². The monoisotopic (exact) mass is 156 g/mol. The number of hydrogen-bond acceptors (Lipinski definition) is 5. The van der Waals surface area contributed by atoms with Gasteiger partial charge in [-0.15, -0.1) is 0 Å². The van der Waals surface area contributed by atoms with Crippen molar-refractivity contribution in [3.05, 3.63) is 0 Å². The van der Waals surface area contributed by atoms with Crippen molar-refractivity contribution in [3.8, 4) is 0 Å². The Balaban J connectivity index is 2.51. The zero-order valence-corrected chi connectivity index (χ0v) is 5.98. The van der Waals surface area contributed by atoms with Gasteiger partial charge in [0.05, 0.1) is 6.54 Å². The molecule has 0 aliphatic rings. The molecule has 0 aromatic carbocycles. The van der Waals surface area contributed by atoms with E-state index in [9.17, 15) is 4.79 Å². The molecule has 0 saturated carbocycles. The van der Waals surface area contributed by atoms with Gasteiger partial charge in [-0.3, -0.25) is 4.79 Å². The number of carbonyl (C=O) groups excluding carboxylic acids is 1. The summed E-state index contributed by atoms with van der Waals surface area (Å²) < 4.78 is 1.41. The van der Waals surface area contributed by atoms with E-state index in [1.165, 1.54) is 4.68 Å². The third kappa shape index (κ3) is 1.88. The Morgan fingerprint density at radius 3 is 3.00 bits per heavy atom. The van der Waals surface area contributed by atoms with E-state index in [0.29, 0.717) is 5.95 Å². The van der Waals surface area contributed by atoms with Crippen molar-refractivity contribution < 1.29 is 4.79 Å². The van der Waals surface area contributed by atoms with Crippen molar-refractivity contribution in [2.75, 3.05) is 11.9 Å². The van der Waals surface area contributed by atoms with Gasteiger partial charge in [0.1, 0.15) is 0 Å². The minimum Gasteiger partial charge on any atom is -0.368 e. The number of primary amides is 1. The molecular weight excluding hydrogens is 148 g/mol. The van der Waals surface area contributed by atoms with Crippen molar-refractivity contribution in [2.24, 2.45) is 12.8 Å². The van der Waals surface area contributed by atoms with Gasteiger partial charge in [0.25, 0.3) is 0 Å². The van der Waals surface area contributed by atoms with Crippen LogP contribution in [0, 0.1) is 0 Å². The molecule has 11 heavy (non-hydrogen) atoms. The summed E-state index contributed by atoms with van der Waals surface area (Å²) in [5.41, 5.74) is 4.88. The molecule has 0 saturated heterocycles. The summed E-state index contributed by atoms with van der Waals surface area (Å²) in [5, 5.41) is 13.1. The average molecular weight is 156 g/mol. The summed E-state index contributed by atoms with van der Waals surface area (Å²) in [6.07, 6.45) is 0. The Bertz CT molecular complexity index is 255. The second-order valence-electron chi connectivity index (χ2n) is 1.95. The predicted octanol–water partition coefficient (Wildman–Crippen LogP) is -1.89. The van der Waals surface area contributed by atoms with Crippen molar-refractivity contribution in [3.63, 3.8) is 0 Å². The van der Waals surface area contributed by atoms with E-state index in [1.807, 2.05) is 0 Å². The maximum Gasteiger partial charge on any atom is 0.243 e. The van der Waals surface area contributed by atoms with Gasteiger partial charge in [-0.2, -0.15) is 0 Å². The summed E-state index contributed by atoms with van der Waals surface area (Å²) in [6, 6.07) is 0. The molecule has 7 heteroatoms. The van der Waals surface area contributed by atoms with Gasteiger partial charge in [-0.05, 0) is 10.4 Å². The van der Waals surface area contributed by atoms with Crippen LogP contribution in [0.2, 0.25) is 0 Å². The third-order valence-corrected chi connectivity index (χ3v) is 1.04. The highest BCUT2D eigenvalue weighted by atomic mass is 16.1. The van der Waals surface area contributed by atoms with Gasteiger partial charge in [0.2, 0.25) is 11.9 Å². The Hall–Kier alpha value is -1.66. The average Bonchev–Trinajstić information content (AvgIpc) is 2.31. The van der Waals surface area contributed by atoms with Crippen molar-refractivity contribution >= 4 is 11.9 Å². The second-order valence-corrected chi connectivity index (χ2v) is 1.95. The van der Waals surface area contributed by atoms with Crippen molar-refractivity contribution in [1.82, 2.24) is 20.2 Å². The molecule has 60 valence electrons. The molecule has 1 rings (SSSR count). The Labute approximate surface area is 62.6 Å². The minimum atomic E-state index is -0.451. The molecule has 7 nitrogen and oxygen atoms in total. The first-order valence-electron chi connectivity index (χ1n) is 2.94. The summed E-state index contributed by atoms with van der Waals surface area (Å²) in [7, 11) is 1.66. The maximum atomic E-state index is 10.3. The number of hydrogen-bond donors (Lipinski definition) is 2. The zero-order valence-electron chi connectivity index (χ0n) is 5.98. The maximum absolute atomic E-state index is 10.3. The molecular formula is C4H8N6O. The van der Waals surface area contributed by atoms with E-state index in [2.05, 4.69) is 20.8 Å². The molecule has 0 unspecified atom stereocenters. The lowest BCUT2D eigenvalue weighted by molar-refractivity contribution is -0.116. The van der Waals surface area contributed by atoms with Gasteiger partial charge in [0, 0.05) is 7.05 Å². The van der Waals surface area contributed by atoms with Crippen LogP contribution in [0.3, 0.4) is 0 Å². The lowest BCUT2D eigenvalue weighted by Gasteiger charge is -1.98. The van der Waals surface area contributed by atoms with Crippen LogP contribution in [0.4, 0.5) is 5.95 Å². The van der Waals surface area contributed by atoms with Crippen LogP contribution in [-0.2, 0) is 11.8 Å². The van der Waals surface area contributed by atoms with Crippen molar-refractivity contribution in [2.45, 2.75) is 0 Å². The van der Waals surface area contributed by atoms with Crippen LogP contribution in [-0.4, -0.2) is 32.7 Å². The number of anilines is 1.